The molecule has 0 fully saturated rings. The summed E-state index contributed by atoms with van der Waals surface area (Å²) in [7, 11) is 0. The van der Waals surface area contributed by atoms with Gasteiger partial charge < -0.3 is 19.1 Å². The van der Waals surface area contributed by atoms with Gasteiger partial charge in [-0.15, -0.1) is 0 Å². The Morgan fingerprint density at radius 1 is 1.14 bits per heavy atom. The third kappa shape index (κ3) is 5.12. The molecule has 188 valence electrons. The van der Waals surface area contributed by atoms with Crippen LogP contribution in [0.25, 0.3) is 16.6 Å². The Bertz CT molecular complexity index is 1400. The van der Waals surface area contributed by atoms with Gasteiger partial charge >= 0.3 is 12.6 Å². The average molecular weight is 499 g/mol. The first kappa shape index (κ1) is 25.0. The highest BCUT2D eigenvalue weighted by Crippen LogP contribution is 2.37. The lowest BCUT2D eigenvalue weighted by Gasteiger charge is -2.18. The van der Waals surface area contributed by atoms with E-state index in [-0.39, 0.29) is 29.0 Å². The van der Waals surface area contributed by atoms with Crippen molar-refractivity contribution in [1.29, 1.82) is 0 Å². The summed E-state index contributed by atoms with van der Waals surface area (Å²) in [4.78, 5) is 19.4. The van der Waals surface area contributed by atoms with Gasteiger partial charge in [0, 0.05) is 41.4 Å². The molecule has 4 aromatic rings. The van der Waals surface area contributed by atoms with E-state index in [2.05, 4.69) is 14.7 Å². The Kier molecular flexibility index (Phi) is 7.14. The number of aliphatic carboxylic acids is 1. The molecule has 0 saturated heterocycles. The minimum Gasteiger partial charge on any atom is -0.481 e. The molecule has 0 radical (unpaired) electrons. The van der Waals surface area contributed by atoms with Gasteiger partial charge in [0.25, 0.3) is 0 Å². The molecular formula is C26H24F3N3O4. The number of carbonyl (C=O) groups is 1. The molecule has 10 heteroatoms. The smallest absolute Gasteiger partial charge is 0.388 e. The molecule has 0 aliphatic rings. The van der Waals surface area contributed by atoms with Crippen molar-refractivity contribution in [2.24, 2.45) is 0 Å². The number of nitrogens with zero attached hydrogens (tertiary/aromatic N) is 3. The number of imidazole rings is 1. The fourth-order valence-corrected chi connectivity index (χ4v) is 4.09. The lowest BCUT2D eigenvalue weighted by Crippen LogP contribution is -2.12. The first-order valence-corrected chi connectivity index (χ1v) is 11.2. The summed E-state index contributed by atoms with van der Waals surface area (Å²) in [5, 5.41) is 9.18. The highest BCUT2D eigenvalue weighted by molar-refractivity contribution is 5.91. The quantitative estimate of drug-likeness (QED) is 0.320. The molecule has 36 heavy (non-hydrogen) atoms. The topological polar surface area (TPSA) is 86.5 Å². The van der Waals surface area contributed by atoms with Gasteiger partial charge in [0.15, 0.2) is 6.61 Å². The number of hydrogen-bond donors (Lipinski definition) is 1. The third-order valence-corrected chi connectivity index (χ3v) is 5.72. The van der Waals surface area contributed by atoms with E-state index in [1.807, 2.05) is 48.9 Å². The van der Waals surface area contributed by atoms with Gasteiger partial charge in [0.2, 0.25) is 5.88 Å². The fourth-order valence-electron chi connectivity index (χ4n) is 4.09. The summed E-state index contributed by atoms with van der Waals surface area (Å²) in [5.41, 5.74) is 2.14. The van der Waals surface area contributed by atoms with E-state index in [0.717, 1.165) is 23.1 Å². The number of aryl methyl sites for hydroxylation is 1. The van der Waals surface area contributed by atoms with E-state index in [9.17, 15) is 18.0 Å². The molecular weight excluding hydrogens is 475 g/mol. The van der Waals surface area contributed by atoms with Crippen LogP contribution in [0.5, 0.6) is 11.6 Å². The summed E-state index contributed by atoms with van der Waals surface area (Å²) in [6, 6.07) is 9.81. The molecule has 0 bridgehead atoms. The molecule has 0 amide bonds. The molecule has 2 heterocycles. The summed E-state index contributed by atoms with van der Waals surface area (Å²) in [6.45, 7) is 1.88. The van der Waals surface area contributed by atoms with E-state index in [1.54, 1.807) is 13.1 Å². The number of rotatable bonds is 9. The van der Waals surface area contributed by atoms with Crippen LogP contribution >= 0.6 is 0 Å². The molecule has 0 atom stereocenters. The maximum atomic E-state index is 14.6. The van der Waals surface area contributed by atoms with E-state index < -0.39 is 30.9 Å². The van der Waals surface area contributed by atoms with Gasteiger partial charge in [0.05, 0.1) is 0 Å². The summed E-state index contributed by atoms with van der Waals surface area (Å²) >= 11 is 0. The minimum atomic E-state index is -3.17. The van der Waals surface area contributed by atoms with Crippen molar-refractivity contribution in [2.45, 2.75) is 39.7 Å². The SMILES string of the molecule is Cc1c(Cc2ccc(-n3ccnc3C(C)C)cc2)c(OC(F)F)nc2c(F)ccc(OCC(=O)O)c12. The molecule has 0 spiro atoms. The Hall–Kier alpha value is -4.08. The number of fused-ring (bicyclic) bond motifs is 1. The van der Waals surface area contributed by atoms with Crippen molar-refractivity contribution in [2.75, 3.05) is 6.61 Å². The van der Waals surface area contributed by atoms with Gasteiger partial charge in [0.1, 0.15) is 22.9 Å². The number of ether oxygens (including phenoxy) is 2. The largest absolute Gasteiger partial charge is 0.481 e. The fraction of sp³-hybridized carbons (Fsp3) is 0.269. The van der Waals surface area contributed by atoms with Crippen molar-refractivity contribution < 1.29 is 32.5 Å². The third-order valence-electron chi connectivity index (χ3n) is 5.72. The van der Waals surface area contributed by atoms with Crippen molar-refractivity contribution in [3.8, 4) is 17.3 Å². The van der Waals surface area contributed by atoms with Gasteiger partial charge in [-0.05, 0) is 42.3 Å². The van der Waals surface area contributed by atoms with Crippen molar-refractivity contribution in [3.05, 3.63) is 77.1 Å². The molecule has 0 unspecified atom stereocenters. The zero-order valence-electron chi connectivity index (χ0n) is 19.8. The monoisotopic (exact) mass is 499 g/mol. The van der Waals surface area contributed by atoms with Crippen molar-refractivity contribution >= 4 is 16.9 Å². The second-order valence-corrected chi connectivity index (χ2v) is 8.50. The van der Waals surface area contributed by atoms with Gasteiger partial charge in [-0.1, -0.05) is 26.0 Å². The van der Waals surface area contributed by atoms with Crippen LogP contribution in [0.1, 0.15) is 42.3 Å². The zero-order valence-corrected chi connectivity index (χ0v) is 19.8. The Balaban J connectivity index is 1.77. The number of halogens is 3. The summed E-state index contributed by atoms with van der Waals surface area (Å²) in [6.07, 6.45) is 3.75. The predicted molar refractivity (Wildman–Crippen MR) is 127 cm³/mol. The van der Waals surface area contributed by atoms with Crippen molar-refractivity contribution in [3.63, 3.8) is 0 Å². The molecule has 4 rings (SSSR count). The van der Waals surface area contributed by atoms with Crippen LogP contribution in [-0.2, 0) is 11.2 Å². The predicted octanol–water partition coefficient (Wildman–Crippen LogP) is 5.65. The van der Waals surface area contributed by atoms with E-state index in [0.29, 0.717) is 11.1 Å². The molecule has 0 aliphatic carbocycles. The second kappa shape index (κ2) is 10.3. The molecule has 7 nitrogen and oxygen atoms in total. The van der Waals surface area contributed by atoms with Gasteiger partial charge in [-0.2, -0.15) is 8.78 Å². The number of aromatic nitrogens is 3. The number of carboxylic acids is 1. The van der Waals surface area contributed by atoms with Crippen LogP contribution in [0.2, 0.25) is 0 Å². The highest BCUT2D eigenvalue weighted by Gasteiger charge is 2.22. The molecule has 1 N–H and O–H groups in total. The van der Waals surface area contributed by atoms with E-state index >= 15 is 0 Å². The first-order valence-electron chi connectivity index (χ1n) is 11.2. The normalized spacial score (nSPS) is 11.4. The maximum Gasteiger partial charge on any atom is 0.388 e. The Morgan fingerprint density at radius 2 is 1.86 bits per heavy atom. The second-order valence-electron chi connectivity index (χ2n) is 8.50. The van der Waals surface area contributed by atoms with Crippen molar-refractivity contribution in [1.82, 2.24) is 14.5 Å². The van der Waals surface area contributed by atoms with Crippen LogP contribution in [0.3, 0.4) is 0 Å². The van der Waals surface area contributed by atoms with Gasteiger partial charge in [-0.3, -0.25) is 0 Å². The maximum absolute atomic E-state index is 14.6. The van der Waals surface area contributed by atoms with Crippen LogP contribution in [0.15, 0.2) is 48.8 Å². The van der Waals surface area contributed by atoms with Crippen LogP contribution < -0.4 is 9.47 Å². The summed E-state index contributed by atoms with van der Waals surface area (Å²) < 4.78 is 53.0. The highest BCUT2D eigenvalue weighted by atomic mass is 19.3. The summed E-state index contributed by atoms with van der Waals surface area (Å²) in [5.74, 6) is -1.18. The minimum absolute atomic E-state index is 0.0836. The molecule has 2 aromatic heterocycles. The Morgan fingerprint density at radius 3 is 2.50 bits per heavy atom. The number of carboxylic acid groups (broad SMARTS) is 1. The number of alkyl halides is 2. The zero-order chi connectivity index (χ0) is 26.0. The molecule has 0 aliphatic heterocycles. The van der Waals surface area contributed by atoms with Crippen LogP contribution in [0, 0.1) is 12.7 Å². The van der Waals surface area contributed by atoms with Gasteiger partial charge in [-0.25, -0.2) is 19.2 Å². The standard InChI is InChI=1S/C26H24F3N3O4/c1-14(2)24-30-10-11-32(24)17-6-4-16(5-7-17)12-18-15(3)22-20(35-13-21(33)34)9-8-19(27)23(22)31-25(18)36-26(28)29/h4-11,14,26H,12-13H2,1-3H3,(H,33,34). The first-order chi connectivity index (χ1) is 17.2. The van der Waals surface area contributed by atoms with Crippen LogP contribution in [-0.4, -0.2) is 38.8 Å². The van der Waals surface area contributed by atoms with E-state index in [4.69, 9.17) is 9.84 Å². The van der Waals surface area contributed by atoms with Crippen LogP contribution in [0.4, 0.5) is 13.2 Å². The molecule has 2 aromatic carbocycles. The number of hydrogen-bond acceptors (Lipinski definition) is 5. The number of benzene rings is 2. The number of pyridine rings is 1. The lowest BCUT2D eigenvalue weighted by atomic mass is 9.97. The van der Waals surface area contributed by atoms with E-state index in [1.165, 1.54) is 6.07 Å². The average Bonchev–Trinajstić information content (AvgIpc) is 3.32. The lowest BCUT2D eigenvalue weighted by molar-refractivity contribution is -0.139. The Labute approximate surface area is 205 Å². The molecule has 0 saturated carbocycles.